The Balaban J connectivity index is 2.54. The van der Waals surface area contributed by atoms with Gasteiger partial charge in [0.15, 0.2) is 17.9 Å². The highest BCUT2D eigenvalue weighted by atomic mass is 16.4. The number of likely N-dealkylation sites (tertiary alicyclic amines) is 1. The molecule has 1 aliphatic rings. The molecule has 2 heterocycles. The average molecular weight is 1700 g/mol. The summed E-state index contributed by atoms with van der Waals surface area (Å²) in [7, 11) is 0. The molecule has 0 bridgehead atoms. The third-order valence-electron chi connectivity index (χ3n) is 20.0. The van der Waals surface area contributed by atoms with Crippen LogP contribution in [0.1, 0.15) is 185 Å². The molecule has 15 amide bonds. The van der Waals surface area contributed by atoms with E-state index in [1.165, 1.54) is 31.3 Å². The summed E-state index contributed by atoms with van der Waals surface area (Å²) in [5, 5.41) is 54.5. The first-order valence-corrected chi connectivity index (χ1v) is 40.6. The van der Waals surface area contributed by atoms with Crippen LogP contribution in [-0.2, 0) is 83.1 Å². The van der Waals surface area contributed by atoms with Crippen molar-refractivity contribution in [2.24, 2.45) is 90.4 Å². The second-order valence-corrected chi connectivity index (χ2v) is 31.0. The smallest absolute Gasteiger partial charge is 0.326 e. The summed E-state index contributed by atoms with van der Waals surface area (Å²) in [4.78, 5) is 242. The number of imidazole rings is 1. The van der Waals surface area contributed by atoms with Crippen molar-refractivity contribution in [1.82, 2.24) is 84.0 Å². The SMILES string of the molecule is CC[C@H](C)[C@H](NC(=O)[C@H](C)NC(=O)[C@H](CCCN=C(N)N)NC(=O)CN)C(=O)N[C@@H](CC(C)C)C(=O)N[C@@H](Cc1cnc[nH]1)C(=O)N[C@H](C(=O)N1CCC[C@H]1C(=O)N[C@H](C(=O)N[C@@H](CCCN=C(N)N)C(=O)N[C@H](C(=O)N[C@@H](CCCN=C(N)N)C(=O)N[C@@H](CCC(N)=O)C(=O)NCC(=O)N[C@@H](CC(C)C)C(=O)O)[C@@H](C)CC)[C@@H](C)O)[C@@H](C)CC. The lowest BCUT2D eigenvalue weighted by Crippen LogP contribution is -2.63. The monoisotopic (exact) mass is 1700 g/mol. The second-order valence-electron chi connectivity index (χ2n) is 31.0. The number of hydrogen-bond donors (Lipinski definition) is 24. The number of guanidine groups is 3. The van der Waals surface area contributed by atoms with Crippen LogP contribution in [0.5, 0.6) is 0 Å². The van der Waals surface area contributed by atoms with E-state index in [1.54, 1.807) is 69.2 Å². The first-order valence-electron chi connectivity index (χ1n) is 40.6. The minimum Gasteiger partial charge on any atom is -0.480 e. The average Bonchev–Trinajstić information content (AvgIpc) is 1.64. The van der Waals surface area contributed by atoms with Crippen LogP contribution >= 0.6 is 0 Å². The fraction of sp³-hybridized carbons (Fsp3) is 0.707. The largest absolute Gasteiger partial charge is 0.480 e. The van der Waals surface area contributed by atoms with Crippen LogP contribution in [0.2, 0.25) is 0 Å². The minimum absolute atomic E-state index is 0.0129. The number of carboxylic acids is 1. The van der Waals surface area contributed by atoms with Crippen LogP contribution in [0.25, 0.3) is 0 Å². The van der Waals surface area contributed by atoms with Gasteiger partial charge in [0.1, 0.15) is 78.5 Å². The van der Waals surface area contributed by atoms with E-state index >= 15 is 4.79 Å². The lowest BCUT2D eigenvalue weighted by atomic mass is 9.95. The number of nitrogens with two attached hydrogens (primary N) is 8. The molecule has 1 aromatic rings. The van der Waals surface area contributed by atoms with Crippen molar-refractivity contribution in [3.8, 4) is 0 Å². The number of aliphatic imine (C=N–C) groups is 3. The van der Waals surface area contributed by atoms with Crippen LogP contribution in [0.3, 0.4) is 0 Å². The molecule has 1 aliphatic heterocycles. The van der Waals surface area contributed by atoms with E-state index in [-0.39, 0.29) is 139 Å². The number of aromatic amines is 1. The summed E-state index contributed by atoms with van der Waals surface area (Å²) < 4.78 is 0. The zero-order chi connectivity index (χ0) is 90.8. The number of amides is 15. The van der Waals surface area contributed by atoms with E-state index in [1.807, 2.05) is 0 Å². The van der Waals surface area contributed by atoms with Gasteiger partial charge in [-0.3, -0.25) is 86.9 Å². The molecule has 0 spiro atoms. The van der Waals surface area contributed by atoms with Crippen LogP contribution in [0.15, 0.2) is 27.5 Å². The molecule has 676 valence electrons. The Morgan fingerprint density at radius 3 is 1.35 bits per heavy atom. The summed E-state index contributed by atoms with van der Waals surface area (Å²) >= 11 is 0. The Labute approximate surface area is 699 Å². The topological polar surface area (TPSA) is 747 Å². The standard InChI is InChI=1S/C75H133N27O18/c1-13-39(8)56(98-60(107)42(11)90-62(109)45(91-54(105)33-76)20-16-26-85-73(78)79)69(116)97-49(30-37(4)5)65(112)96-50(32-44-34-84-36-89-44)66(113)100-58(41(10)15-3)71(118)102-29-19-23-52(102)67(114)101-59(43(12)103)70(117)95-47(22-18-28-87-75(82)83)64(111)99-57(40(9)14-2)68(115)94-46(21-17-27-86-74(80)81)63(110)93-48(24-25-53(77)104)61(108)88-35-55(106)92-51(72(119)120)31-38(6)7/h34,36-43,45-52,56-59,103H,13-33,35,76H2,1-12H3,(H2,77,104)(H,84,89)(H,88,108)(H,90,109)(H,91,105)(H,92,106)(H,93,110)(H,94,115)(H,95,117)(H,96,112)(H,97,116)(H,98,107)(H,99,111)(H,100,113)(H,101,114)(H,119,120)(H4,78,79,85)(H4,80,81,86)(H4,82,83,87)/t39-,40-,41-,42-,43+,45-,46-,47-,48-,49-,50-,51-,52-,56-,57-,58-,59-/m0/s1. The summed E-state index contributed by atoms with van der Waals surface area (Å²) in [5.41, 5.74) is 44.4. The molecular weight excluding hydrogens is 1570 g/mol. The maximum Gasteiger partial charge on any atom is 0.326 e. The van der Waals surface area contributed by atoms with Crippen molar-refractivity contribution in [2.75, 3.05) is 39.3 Å². The molecule has 0 radical (unpaired) electrons. The highest BCUT2D eigenvalue weighted by molar-refractivity contribution is 6.01. The number of aromatic nitrogens is 2. The normalized spacial score (nSPS) is 16.4. The highest BCUT2D eigenvalue weighted by Crippen LogP contribution is 2.23. The third kappa shape index (κ3) is 38.0. The van der Waals surface area contributed by atoms with Crippen LogP contribution in [0, 0.1) is 29.6 Å². The van der Waals surface area contributed by atoms with Gasteiger partial charge < -0.3 is 135 Å². The van der Waals surface area contributed by atoms with Gasteiger partial charge in [-0.15, -0.1) is 0 Å². The van der Waals surface area contributed by atoms with Gasteiger partial charge in [0.05, 0.1) is 25.5 Å². The van der Waals surface area contributed by atoms with Crippen molar-refractivity contribution < 1.29 is 86.9 Å². The molecule has 0 unspecified atom stereocenters. The Kier molecular flexibility index (Phi) is 46.9. The third-order valence-corrected chi connectivity index (χ3v) is 20.0. The van der Waals surface area contributed by atoms with E-state index in [0.717, 1.165) is 0 Å². The fourth-order valence-corrected chi connectivity index (χ4v) is 12.6. The number of H-pyrrole nitrogens is 1. The quantitative estimate of drug-likeness (QED) is 0.0164. The van der Waals surface area contributed by atoms with Crippen molar-refractivity contribution in [3.05, 3.63) is 18.2 Å². The summed E-state index contributed by atoms with van der Waals surface area (Å²) in [6.45, 7) is 18.6. The van der Waals surface area contributed by atoms with Crippen molar-refractivity contribution >= 4 is 112 Å². The van der Waals surface area contributed by atoms with Crippen molar-refractivity contribution in [2.45, 2.75) is 270 Å². The van der Waals surface area contributed by atoms with Gasteiger partial charge in [-0.25, -0.2) is 9.78 Å². The molecule has 120 heavy (non-hydrogen) atoms. The number of aliphatic carboxylic acids is 1. The van der Waals surface area contributed by atoms with Crippen molar-refractivity contribution in [3.63, 3.8) is 0 Å². The van der Waals surface area contributed by atoms with Crippen LogP contribution < -0.4 is 115 Å². The van der Waals surface area contributed by atoms with Gasteiger partial charge in [0.25, 0.3) is 0 Å². The number of nitrogens with one attached hydrogen (secondary N) is 14. The van der Waals surface area contributed by atoms with E-state index in [4.69, 9.17) is 45.9 Å². The molecular formula is C75H133N27O18. The molecule has 0 aliphatic carbocycles. The first-order chi connectivity index (χ1) is 56.4. The summed E-state index contributed by atoms with van der Waals surface area (Å²) in [6.07, 6.45) is 1.15. The number of nitrogens with zero attached hydrogens (tertiary/aromatic N) is 5. The fourth-order valence-electron chi connectivity index (χ4n) is 12.6. The molecule has 0 saturated carbocycles. The van der Waals surface area contributed by atoms with E-state index < -0.39 is 223 Å². The number of aliphatic hydroxyl groups is 1. The zero-order valence-corrected chi connectivity index (χ0v) is 71.0. The number of aliphatic hydroxyl groups excluding tert-OH is 1. The van der Waals surface area contributed by atoms with Crippen LogP contribution in [0.4, 0.5) is 0 Å². The maximum absolute atomic E-state index is 15.1. The minimum atomic E-state index is -1.83. The number of hydrogen-bond acceptors (Lipinski definition) is 22. The number of carbonyl (C=O) groups is 16. The Hall–Kier alpha value is -11.5. The molecule has 32 N–H and O–H groups in total. The Morgan fingerprint density at radius 1 is 0.483 bits per heavy atom. The molecule has 45 heteroatoms. The van der Waals surface area contributed by atoms with Gasteiger partial charge in [-0.2, -0.15) is 0 Å². The lowest BCUT2D eigenvalue weighted by Gasteiger charge is -2.33. The van der Waals surface area contributed by atoms with Crippen LogP contribution in [-0.4, -0.2) is 261 Å². The van der Waals surface area contributed by atoms with E-state index in [9.17, 15) is 82.1 Å². The molecule has 1 fully saturated rings. The Bertz CT molecular complexity index is 3660. The predicted molar refractivity (Wildman–Crippen MR) is 443 cm³/mol. The van der Waals surface area contributed by atoms with E-state index in [2.05, 4.69) is 94.1 Å². The molecule has 45 nitrogen and oxygen atoms in total. The molecule has 17 atom stereocenters. The lowest BCUT2D eigenvalue weighted by molar-refractivity contribution is -0.144. The number of rotatable bonds is 56. The van der Waals surface area contributed by atoms with Crippen molar-refractivity contribution in [1.29, 1.82) is 0 Å². The second kappa shape index (κ2) is 53.8. The predicted octanol–water partition coefficient (Wildman–Crippen LogP) is -7.02. The molecule has 1 saturated heterocycles. The van der Waals surface area contributed by atoms with Gasteiger partial charge in [0.2, 0.25) is 88.6 Å². The number of carboxylic acid groups (broad SMARTS) is 1. The van der Waals surface area contributed by atoms with Gasteiger partial charge in [-0.05, 0) is 114 Å². The summed E-state index contributed by atoms with van der Waals surface area (Å²) in [6, 6.07) is -18.5. The van der Waals surface area contributed by atoms with Gasteiger partial charge in [-0.1, -0.05) is 88.5 Å². The highest BCUT2D eigenvalue weighted by Gasteiger charge is 2.44. The molecule has 2 rings (SSSR count). The zero-order valence-electron chi connectivity index (χ0n) is 71.0. The summed E-state index contributed by atoms with van der Waals surface area (Å²) in [5.74, 6) is -17.4. The first kappa shape index (κ1) is 105. The molecule has 0 aromatic carbocycles. The Morgan fingerprint density at radius 2 is 0.892 bits per heavy atom. The number of primary amides is 1. The van der Waals surface area contributed by atoms with E-state index in [0.29, 0.717) is 12.1 Å². The molecule has 1 aromatic heterocycles. The van der Waals surface area contributed by atoms with Gasteiger partial charge in [0, 0.05) is 50.9 Å². The number of carbonyl (C=O) groups excluding carboxylic acids is 15. The maximum atomic E-state index is 15.1. The van der Waals surface area contributed by atoms with Gasteiger partial charge >= 0.3 is 5.97 Å².